The summed E-state index contributed by atoms with van der Waals surface area (Å²) in [5.74, 6) is 1.57. The van der Waals surface area contributed by atoms with Gasteiger partial charge in [-0.05, 0) is 46.6 Å². The van der Waals surface area contributed by atoms with Gasteiger partial charge >= 0.3 is 0 Å². The van der Waals surface area contributed by atoms with Crippen molar-refractivity contribution in [2.24, 2.45) is 0 Å². The predicted octanol–water partition coefficient (Wildman–Crippen LogP) is 4.44. The van der Waals surface area contributed by atoms with Crippen molar-refractivity contribution >= 4 is 33.2 Å². The van der Waals surface area contributed by atoms with Gasteiger partial charge in [0.05, 0.1) is 5.69 Å². The molecule has 6 heteroatoms. The number of fused-ring (bicyclic) bond motifs is 1. The van der Waals surface area contributed by atoms with E-state index < -0.39 is 0 Å². The van der Waals surface area contributed by atoms with Crippen LogP contribution in [0.3, 0.4) is 0 Å². The van der Waals surface area contributed by atoms with Crippen LogP contribution in [0.15, 0.2) is 34.9 Å². The minimum absolute atomic E-state index is 0.0643. The lowest BCUT2D eigenvalue weighted by Crippen LogP contribution is -2.16. The molecule has 0 aliphatic carbocycles. The normalized spacial score (nSPS) is 14.6. The highest BCUT2D eigenvalue weighted by Crippen LogP contribution is 2.34. The second-order valence-corrected chi connectivity index (χ2v) is 6.03. The number of hydrogen-bond acceptors (Lipinski definition) is 4. The van der Waals surface area contributed by atoms with Gasteiger partial charge < -0.3 is 14.8 Å². The fourth-order valence-corrected chi connectivity index (χ4v) is 2.66. The van der Waals surface area contributed by atoms with E-state index in [2.05, 4.69) is 33.2 Å². The van der Waals surface area contributed by atoms with E-state index in [4.69, 9.17) is 21.1 Å². The maximum absolute atomic E-state index is 6.10. The molecule has 0 bridgehead atoms. The zero-order valence-electron chi connectivity index (χ0n) is 11.4. The van der Waals surface area contributed by atoms with E-state index in [-0.39, 0.29) is 6.04 Å². The Bertz CT molecular complexity index is 666. The Hall–Kier alpha value is -1.46. The Morgan fingerprint density at radius 3 is 2.81 bits per heavy atom. The maximum Gasteiger partial charge on any atom is 0.161 e. The minimum atomic E-state index is 0.0643. The van der Waals surface area contributed by atoms with Gasteiger partial charge in [0.1, 0.15) is 13.2 Å². The van der Waals surface area contributed by atoms with E-state index in [1.165, 1.54) is 0 Å². The summed E-state index contributed by atoms with van der Waals surface area (Å²) in [6.45, 7) is 3.24. The van der Waals surface area contributed by atoms with Gasteiger partial charge in [-0.3, -0.25) is 0 Å². The van der Waals surface area contributed by atoms with Gasteiger partial charge in [0, 0.05) is 16.7 Å². The van der Waals surface area contributed by atoms with Gasteiger partial charge in [0.2, 0.25) is 0 Å². The molecule has 4 nitrogen and oxygen atoms in total. The fourth-order valence-electron chi connectivity index (χ4n) is 2.17. The molecule has 0 radical (unpaired) electrons. The standard InChI is InChI=1S/C15H14BrClN2O2/c1-9(19-12-7-11(16)8-18-15(12)17)10-2-3-13-14(6-10)21-5-4-20-13/h2-3,6-9,19H,4-5H2,1H3. The molecule has 3 rings (SSSR count). The van der Waals surface area contributed by atoms with Gasteiger partial charge in [0.25, 0.3) is 0 Å². The van der Waals surface area contributed by atoms with Gasteiger partial charge in [-0.15, -0.1) is 0 Å². The second-order valence-electron chi connectivity index (χ2n) is 4.76. The Kier molecular flexibility index (Phi) is 4.22. The van der Waals surface area contributed by atoms with Crippen LogP contribution >= 0.6 is 27.5 Å². The topological polar surface area (TPSA) is 43.4 Å². The molecule has 2 aromatic rings. The lowest BCUT2D eigenvalue weighted by atomic mass is 10.1. The Morgan fingerprint density at radius 1 is 1.24 bits per heavy atom. The van der Waals surface area contributed by atoms with Crippen molar-refractivity contribution in [1.29, 1.82) is 0 Å². The molecule has 0 saturated carbocycles. The summed E-state index contributed by atoms with van der Waals surface area (Å²) < 4.78 is 12.0. The van der Waals surface area contributed by atoms with Crippen molar-refractivity contribution in [2.75, 3.05) is 18.5 Å². The number of halogens is 2. The summed E-state index contributed by atoms with van der Waals surface area (Å²) in [5, 5.41) is 3.80. The monoisotopic (exact) mass is 368 g/mol. The van der Waals surface area contributed by atoms with Crippen molar-refractivity contribution in [1.82, 2.24) is 4.98 Å². The molecule has 21 heavy (non-hydrogen) atoms. The SMILES string of the molecule is CC(Nc1cc(Br)cnc1Cl)c1ccc2c(c1)OCCO2. The summed E-state index contributed by atoms with van der Waals surface area (Å²) in [5.41, 5.74) is 1.88. The molecule has 1 aliphatic rings. The van der Waals surface area contributed by atoms with Crippen LogP contribution in [0, 0.1) is 0 Å². The molecule has 1 aliphatic heterocycles. The van der Waals surface area contributed by atoms with Crippen LogP contribution in [-0.4, -0.2) is 18.2 Å². The summed E-state index contributed by atoms with van der Waals surface area (Å²) in [6, 6.07) is 7.91. The van der Waals surface area contributed by atoms with E-state index in [1.54, 1.807) is 6.20 Å². The first kappa shape index (κ1) is 14.5. The summed E-state index contributed by atoms with van der Waals surface area (Å²) in [7, 11) is 0. The van der Waals surface area contributed by atoms with E-state index in [1.807, 2.05) is 24.3 Å². The lowest BCUT2D eigenvalue weighted by molar-refractivity contribution is 0.171. The predicted molar refractivity (Wildman–Crippen MR) is 86.4 cm³/mol. The quantitative estimate of drug-likeness (QED) is 0.812. The molecule has 2 heterocycles. The van der Waals surface area contributed by atoms with Crippen LogP contribution in [0.5, 0.6) is 11.5 Å². The first-order chi connectivity index (χ1) is 10.1. The molecule has 0 fully saturated rings. The van der Waals surface area contributed by atoms with Crippen molar-refractivity contribution in [3.8, 4) is 11.5 Å². The number of anilines is 1. The Labute approximate surface area is 136 Å². The molecule has 0 saturated heterocycles. The van der Waals surface area contributed by atoms with E-state index in [9.17, 15) is 0 Å². The summed E-state index contributed by atoms with van der Waals surface area (Å²) >= 11 is 9.50. The third kappa shape index (κ3) is 3.24. The number of rotatable bonds is 3. The van der Waals surface area contributed by atoms with Crippen LogP contribution < -0.4 is 14.8 Å². The Morgan fingerprint density at radius 2 is 2.00 bits per heavy atom. The number of aromatic nitrogens is 1. The molecule has 110 valence electrons. The highest BCUT2D eigenvalue weighted by Gasteiger charge is 2.15. The third-order valence-corrected chi connectivity index (χ3v) is 3.98. The molecule has 1 atom stereocenters. The van der Waals surface area contributed by atoms with Crippen LogP contribution in [0.4, 0.5) is 5.69 Å². The number of pyridine rings is 1. The molecule has 0 amide bonds. The molecular formula is C15H14BrClN2O2. The lowest BCUT2D eigenvalue weighted by Gasteiger charge is -2.21. The zero-order chi connectivity index (χ0) is 14.8. The second kappa shape index (κ2) is 6.12. The fraction of sp³-hybridized carbons (Fsp3) is 0.267. The largest absolute Gasteiger partial charge is 0.486 e. The molecule has 0 spiro atoms. The maximum atomic E-state index is 6.10. The van der Waals surface area contributed by atoms with Crippen LogP contribution in [-0.2, 0) is 0 Å². The summed E-state index contributed by atoms with van der Waals surface area (Å²) in [4.78, 5) is 4.11. The van der Waals surface area contributed by atoms with Gasteiger partial charge in [-0.2, -0.15) is 0 Å². The number of ether oxygens (including phenoxy) is 2. The van der Waals surface area contributed by atoms with Gasteiger partial charge in [0.15, 0.2) is 16.7 Å². The molecule has 1 unspecified atom stereocenters. The molecule has 1 aromatic carbocycles. The first-order valence-corrected chi connectivity index (χ1v) is 7.78. The third-order valence-electron chi connectivity index (χ3n) is 3.24. The van der Waals surface area contributed by atoms with Crippen molar-refractivity contribution < 1.29 is 9.47 Å². The summed E-state index contributed by atoms with van der Waals surface area (Å²) in [6.07, 6.45) is 1.67. The average molecular weight is 370 g/mol. The van der Waals surface area contributed by atoms with Crippen molar-refractivity contribution in [2.45, 2.75) is 13.0 Å². The number of benzene rings is 1. The van der Waals surface area contributed by atoms with Crippen LogP contribution in [0.2, 0.25) is 5.15 Å². The average Bonchev–Trinajstić information content (AvgIpc) is 2.50. The highest BCUT2D eigenvalue weighted by molar-refractivity contribution is 9.10. The number of hydrogen-bond donors (Lipinski definition) is 1. The van der Waals surface area contributed by atoms with Gasteiger partial charge in [-0.1, -0.05) is 17.7 Å². The first-order valence-electron chi connectivity index (χ1n) is 6.60. The smallest absolute Gasteiger partial charge is 0.161 e. The molecule has 1 N–H and O–H groups in total. The van der Waals surface area contributed by atoms with E-state index >= 15 is 0 Å². The van der Waals surface area contributed by atoms with Crippen molar-refractivity contribution in [3.63, 3.8) is 0 Å². The Balaban J connectivity index is 1.82. The zero-order valence-corrected chi connectivity index (χ0v) is 13.7. The van der Waals surface area contributed by atoms with Crippen LogP contribution in [0.25, 0.3) is 0 Å². The molecular weight excluding hydrogens is 356 g/mol. The van der Waals surface area contributed by atoms with Crippen LogP contribution in [0.1, 0.15) is 18.5 Å². The van der Waals surface area contributed by atoms with Crippen molar-refractivity contribution in [3.05, 3.63) is 45.7 Å². The number of nitrogens with zero attached hydrogens (tertiary/aromatic N) is 1. The molecule has 1 aromatic heterocycles. The number of nitrogens with one attached hydrogen (secondary N) is 1. The van der Waals surface area contributed by atoms with Gasteiger partial charge in [-0.25, -0.2) is 4.98 Å². The highest BCUT2D eigenvalue weighted by atomic mass is 79.9. The van der Waals surface area contributed by atoms with E-state index in [0.29, 0.717) is 18.4 Å². The minimum Gasteiger partial charge on any atom is -0.486 e. The van der Waals surface area contributed by atoms with E-state index in [0.717, 1.165) is 27.2 Å².